The molecule has 0 spiro atoms. The van der Waals surface area contributed by atoms with Crippen molar-refractivity contribution in [2.75, 3.05) is 18.5 Å². The van der Waals surface area contributed by atoms with Gasteiger partial charge in [-0.05, 0) is 63.8 Å². The van der Waals surface area contributed by atoms with E-state index < -0.39 is 5.97 Å². The second-order valence-electron chi connectivity index (χ2n) is 6.56. The van der Waals surface area contributed by atoms with Crippen LogP contribution >= 0.6 is 15.9 Å². The van der Waals surface area contributed by atoms with E-state index in [-0.39, 0.29) is 12.5 Å². The number of benzene rings is 3. The quantitative estimate of drug-likeness (QED) is 0.431. The zero-order chi connectivity index (χ0) is 21.3. The maximum Gasteiger partial charge on any atom is 0.338 e. The summed E-state index contributed by atoms with van der Waals surface area (Å²) in [6.45, 7) is 2.13. The number of carbonyl (C=O) groups excluding carboxylic acids is 2. The lowest BCUT2D eigenvalue weighted by molar-refractivity contribution is -0.118. The Morgan fingerprint density at radius 1 is 0.933 bits per heavy atom. The Morgan fingerprint density at radius 3 is 2.47 bits per heavy atom. The molecule has 0 aromatic heterocycles. The highest BCUT2D eigenvalue weighted by Gasteiger charge is 2.11. The standard InChI is InChI=1S/C24H22BrNO4/c1-2-13-29-24(28)19-9-6-10-20(14-19)26-23(27)16-30-22-12-11-18(15-21(22)25)17-7-4-3-5-8-17/h3-12,14-15H,2,13,16H2,1H3,(H,26,27). The molecular weight excluding hydrogens is 446 g/mol. The molecule has 0 bridgehead atoms. The van der Waals surface area contributed by atoms with Crippen LogP contribution in [0.1, 0.15) is 23.7 Å². The third kappa shape index (κ3) is 5.94. The van der Waals surface area contributed by atoms with Gasteiger partial charge in [0.15, 0.2) is 6.61 Å². The molecule has 0 radical (unpaired) electrons. The third-order valence-electron chi connectivity index (χ3n) is 4.22. The van der Waals surface area contributed by atoms with Gasteiger partial charge in [-0.1, -0.05) is 49.4 Å². The fourth-order valence-corrected chi connectivity index (χ4v) is 3.26. The number of carbonyl (C=O) groups is 2. The third-order valence-corrected chi connectivity index (χ3v) is 4.84. The molecule has 0 unspecified atom stereocenters. The van der Waals surface area contributed by atoms with E-state index in [0.717, 1.165) is 22.0 Å². The molecule has 0 heterocycles. The highest BCUT2D eigenvalue weighted by molar-refractivity contribution is 9.10. The molecule has 3 rings (SSSR count). The van der Waals surface area contributed by atoms with Gasteiger partial charge in [0.1, 0.15) is 5.75 Å². The van der Waals surface area contributed by atoms with Crippen molar-refractivity contribution < 1.29 is 19.1 Å². The van der Waals surface area contributed by atoms with Crippen LogP contribution in [0.5, 0.6) is 5.75 Å². The fraction of sp³-hybridized carbons (Fsp3) is 0.167. The number of halogens is 1. The maximum atomic E-state index is 12.3. The number of rotatable bonds is 8. The van der Waals surface area contributed by atoms with Gasteiger partial charge < -0.3 is 14.8 Å². The van der Waals surface area contributed by atoms with Crippen molar-refractivity contribution in [3.8, 4) is 16.9 Å². The summed E-state index contributed by atoms with van der Waals surface area (Å²) in [5.41, 5.74) is 3.04. The van der Waals surface area contributed by atoms with Gasteiger partial charge in [-0.3, -0.25) is 4.79 Å². The van der Waals surface area contributed by atoms with Crippen LogP contribution < -0.4 is 10.1 Å². The van der Waals surface area contributed by atoms with E-state index in [1.54, 1.807) is 24.3 Å². The van der Waals surface area contributed by atoms with Crippen molar-refractivity contribution in [3.05, 3.63) is 82.8 Å². The van der Waals surface area contributed by atoms with Gasteiger partial charge in [-0.15, -0.1) is 0 Å². The molecule has 0 aliphatic heterocycles. The highest BCUT2D eigenvalue weighted by atomic mass is 79.9. The zero-order valence-corrected chi connectivity index (χ0v) is 18.1. The number of ether oxygens (including phenoxy) is 2. The summed E-state index contributed by atoms with van der Waals surface area (Å²) in [7, 11) is 0. The van der Waals surface area contributed by atoms with Crippen molar-refractivity contribution in [1.82, 2.24) is 0 Å². The van der Waals surface area contributed by atoms with Gasteiger partial charge in [0.25, 0.3) is 5.91 Å². The van der Waals surface area contributed by atoms with Crippen LogP contribution in [-0.4, -0.2) is 25.1 Å². The molecule has 3 aromatic carbocycles. The number of esters is 1. The van der Waals surface area contributed by atoms with E-state index in [9.17, 15) is 9.59 Å². The molecule has 0 saturated carbocycles. The van der Waals surface area contributed by atoms with Crippen LogP contribution in [0.2, 0.25) is 0 Å². The van der Waals surface area contributed by atoms with Crippen LogP contribution in [0.25, 0.3) is 11.1 Å². The van der Waals surface area contributed by atoms with Gasteiger partial charge in [0, 0.05) is 5.69 Å². The van der Waals surface area contributed by atoms with Crippen LogP contribution in [-0.2, 0) is 9.53 Å². The Kier molecular flexibility index (Phi) is 7.63. The average Bonchev–Trinajstić information content (AvgIpc) is 2.77. The molecule has 1 N–H and O–H groups in total. The Morgan fingerprint density at radius 2 is 1.73 bits per heavy atom. The summed E-state index contributed by atoms with van der Waals surface area (Å²) in [4.78, 5) is 24.2. The van der Waals surface area contributed by atoms with E-state index in [1.807, 2.05) is 55.5 Å². The van der Waals surface area contributed by atoms with Gasteiger partial charge in [-0.2, -0.15) is 0 Å². The van der Waals surface area contributed by atoms with Crippen molar-refractivity contribution in [2.45, 2.75) is 13.3 Å². The minimum atomic E-state index is -0.411. The molecule has 1 amide bonds. The van der Waals surface area contributed by atoms with Crippen LogP contribution in [0.15, 0.2) is 77.3 Å². The molecule has 5 nitrogen and oxygen atoms in total. The van der Waals surface area contributed by atoms with Gasteiger partial charge in [0.2, 0.25) is 0 Å². The average molecular weight is 468 g/mol. The summed E-state index contributed by atoms with van der Waals surface area (Å²) < 4.78 is 11.5. The van der Waals surface area contributed by atoms with Crippen LogP contribution in [0, 0.1) is 0 Å². The van der Waals surface area contributed by atoms with Crippen LogP contribution in [0.4, 0.5) is 5.69 Å². The minimum Gasteiger partial charge on any atom is -0.483 e. The molecule has 3 aromatic rings. The first-order chi connectivity index (χ1) is 14.6. The predicted molar refractivity (Wildman–Crippen MR) is 121 cm³/mol. The van der Waals surface area contributed by atoms with Gasteiger partial charge in [-0.25, -0.2) is 4.79 Å². The topological polar surface area (TPSA) is 64.6 Å². The molecular formula is C24H22BrNO4. The first kappa shape index (κ1) is 21.6. The molecule has 30 heavy (non-hydrogen) atoms. The Labute approximate surface area is 184 Å². The highest BCUT2D eigenvalue weighted by Crippen LogP contribution is 2.30. The number of hydrogen-bond donors (Lipinski definition) is 1. The van der Waals surface area contributed by atoms with E-state index in [0.29, 0.717) is 23.6 Å². The van der Waals surface area contributed by atoms with Gasteiger partial charge >= 0.3 is 5.97 Å². The Bertz CT molecular complexity index is 1020. The first-order valence-corrected chi connectivity index (χ1v) is 10.4. The summed E-state index contributed by atoms with van der Waals surface area (Å²) in [6, 6.07) is 22.3. The Balaban J connectivity index is 1.58. The molecule has 154 valence electrons. The Hall–Kier alpha value is -3.12. The molecule has 0 saturated heterocycles. The normalized spacial score (nSPS) is 10.3. The number of nitrogens with one attached hydrogen (secondary N) is 1. The van der Waals surface area contributed by atoms with E-state index in [1.165, 1.54) is 0 Å². The molecule has 0 aliphatic rings. The lowest BCUT2D eigenvalue weighted by Crippen LogP contribution is -2.20. The minimum absolute atomic E-state index is 0.159. The fourth-order valence-electron chi connectivity index (χ4n) is 2.77. The van der Waals surface area contributed by atoms with E-state index >= 15 is 0 Å². The number of anilines is 1. The summed E-state index contributed by atoms with van der Waals surface area (Å²) in [6.07, 6.45) is 0.751. The smallest absolute Gasteiger partial charge is 0.338 e. The second kappa shape index (κ2) is 10.6. The number of amides is 1. The van der Waals surface area contributed by atoms with E-state index in [2.05, 4.69) is 21.2 Å². The first-order valence-electron chi connectivity index (χ1n) is 9.61. The van der Waals surface area contributed by atoms with Crippen molar-refractivity contribution in [2.24, 2.45) is 0 Å². The van der Waals surface area contributed by atoms with Crippen LogP contribution in [0.3, 0.4) is 0 Å². The summed E-state index contributed by atoms with van der Waals surface area (Å²) >= 11 is 3.50. The molecule has 0 atom stereocenters. The monoisotopic (exact) mass is 467 g/mol. The largest absolute Gasteiger partial charge is 0.483 e. The lowest BCUT2D eigenvalue weighted by atomic mass is 10.1. The SMILES string of the molecule is CCCOC(=O)c1cccc(NC(=O)COc2ccc(-c3ccccc3)cc2Br)c1. The van der Waals surface area contributed by atoms with Gasteiger partial charge in [0.05, 0.1) is 16.6 Å². The number of hydrogen-bond acceptors (Lipinski definition) is 4. The zero-order valence-electron chi connectivity index (χ0n) is 16.6. The molecule has 0 fully saturated rings. The summed E-state index contributed by atoms with van der Waals surface area (Å²) in [5.74, 6) is -0.165. The second-order valence-corrected chi connectivity index (χ2v) is 7.42. The molecule has 6 heteroatoms. The maximum absolute atomic E-state index is 12.3. The predicted octanol–water partition coefficient (Wildman–Crippen LogP) is 5.70. The molecule has 0 aliphatic carbocycles. The lowest BCUT2D eigenvalue weighted by Gasteiger charge is -2.11. The van der Waals surface area contributed by atoms with Crippen molar-refractivity contribution in [1.29, 1.82) is 0 Å². The van der Waals surface area contributed by atoms with Crippen molar-refractivity contribution in [3.63, 3.8) is 0 Å². The summed E-state index contributed by atoms with van der Waals surface area (Å²) in [5, 5.41) is 2.73. The van der Waals surface area contributed by atoms with Crippen molar-refractivity contribution >= 4 is 33.5 Å². The van der Waals surface area contributed by atoms with E-state index in [4.69, 9.17) is 9.47 Å².